The fourth-order valence-electron chi connectivity index (χ4n) is 1.26. The van der Waals surface area contributed by atoms with Crippen molar-refractivity contribution in [3.63, 3.8) is 0 Å². The van der Waals surface area contributed by atoms with Crippen LogP contribution in [0.2, 0.25) is 0 Å². The standard InChI is InChI=1S/C7H12O8S3/c8-16-2-1-6(14-16)3-11-17(9)12-4-7-5-13-18(10)15-7/h6-7H,1-5H2. The van der Waals surface area contributed by atoms with Crippen LogP contribution in [0.4, 0.5) is 0 Å². The zero-order valence-electron chi connectivity index (χ0n) is 9.18. The van der Waals surface area contributed by atoms with Crippen molar-refractivity contribution in [2.75, 3.05) is 25.6 Å². The van der Waals surface area contributed by atoms with E-state index in [1.165, 1.54) is 0 Å². The molecule has 0 aliphatic carbocycles. The van der Waals surface area contributed by atoms with Crippen LogP contribution in [-0.2, 0) is 54.7 Å². The van der Waals surface area contributed by atoms with Gasteiger partial charge in [0, 0.05) is 0 Å². The van der Waals surface area contributed by atoms with Crippen molar-refractivity contribution < 1.29 is 33.5 Å². The highest BCUT2D eigenvalue weighted by Gasteiger charge is 2.26. The number of rotatable bonds is 6. The quantitative estimate of drug-likeness (QED) is 0.617. The van der Waals surface area contributed by atoms with Gasteiger partial charge in [0.25, 0.3) is 0 Å². The Hall–Kier alpha value is 0.250. The summed E-state index contributed by atoms with van der Waals surface area (Å²) in [5.74, 6) is 0.459. The van der Waals surface area contributed by atoms with Crippen molar-refractivity contribution in [2.24, 2.45) is 0 Å². The van der Waals surface area contributed by atoms with Crippen molar-refractivity contribution in [1.82, 2.24) is 0 Å². The predicted molar refractivity (Wildman–Crippen MR) is 61.5 cm³/mol. The molecule has 2 aliphatic heterocycles. The molecule has 0 spiro atoms. The molecule has 8 nitrogen and oxygen atoms in total. The monoisotopic (exact) mass is 320 g/mol. The van der Waals surface area contributed by atoms with Crippen molar-refractivity contribution in [2.45, 2.75) is 18.6 Å². The highest BCUT2D eigenvalue weighted by Crippen LogP contribution is 2.13. The van der Waals surface area contributed by atoms with E-state index in [0.29, 0.717) is 12.2 Å². The second-order valence-corrected chi connectivity index (χ2v) is 6.42. The van der Waals surface area contributed by atoms with Crippen LogP contribution in [0.5, 0.6) is 0 Å². The molecule has 2 rings (SSSR count). The molecule has 0 radical (unpaired) electrons. The Kier molecular flexibility index (Phi) is 5.82. The van der Waals surface area contributed by atoms with E-state index in [9.17, 15) is 12.6 Å². The van der Waals surface area contributed by atoms with Crippen LogP contribution in [0.3, 0.4) is 0 Å². The molecule has 11 heteroatoms. The van der Waals surface area contributed by atoms with Crippen molar-refractivity contribution >= 4 is 33.8 Å². The summed E-state index contributed by atoms with van der Waals surface area (Å²) in [4.78, 5) is 0. The minimum Gasteiger partial charge on any atom is -0.285 e. The summed E-state index contributed by atoms with van der Waals surface area (Å²) in [5, 5.41) is 0. The molecular weight excluding hydrogens is 308 g/mol. The molecule has 2 aliphatic rings. The molecule has 0 aromatic carbocycles. The Labute approximate surface area is 112 Å². The van der Waals surface area contributed by atoms with Crippen LogP contribution in [0, 0.1) is 0 Å². The molecule has 2 heterocycles. The van der Waals surface area contributed by atoms with E-state index in [0.717, 1.165) is 0 Å². The fraction of sp³-hybridized carbons (Fsp3) is 1.00. The van der Waals surface area contributed by atoms with Gasteiger partial charge in [-0.2, -0.15) is 8.42 Å². The fourth-order valence-corrected chi connectivity index (χ4v) is 3.51. The first-order valence-corrected chi connectivity index (χ1v) is 8.34. The molecule has 2 saturated heterocycles. The van der Waals surface area contributed by atoms with Crippen LogP contribution in [0.15, 0.2) is 0 Å². The Morgan fingerprint density at radius 2 is 1.89 bits per heavy atom. The Balaban J connectivity index is 1.57. The topological polar surface area (TPSA) is 97.4 Å². The summed E-state index contributed by atoms with van der Waals surface area (Å²) in [6.45, 7) is 0.122. The Morgan fingerprint density at radius 3 is 2.44 bits per heavy atom. The second kappa shape index (κ2) is 7.14. The summed E-state index contributed by atoms with van der Waals surface area (Å²) in [6.07, 6.45) is -0.242. The molecule has 0 aromatic rings. The highest BCUT2D eigenvalue weighted by atomic mass is 32.2. The molecule has 5 atom stereocenters. The largest absolute Gasteiger partial charge is 0.305 e. The molecule has 2 fully saturated rings. The maximum Gasteiger partial charge on any atom is 0.305 e. The Bertz CT molecular complexity index is 329. The first-order valence-electron chi connectivity index (χ1n) is 5.09. The molecular formula is C7H12O8S3. The molecule has 0 N–H and O–H groups in total. The van der Waals surface area contributed by atoms with Crippen LogP contribution in [0.1, 0.15) is 6.42 Å². The average molecular weight is 320 g/mol. The van der Waals surface area contributed by atoms with Crippen LogP contribution in [0.25, 0.3) is 0 Å². The lowest BCUT2D eigenvalue weighted by Gasteiger charge is -2.09. The average Bonchev–Trinajstić information content (AvgIpc) is 2.93. The zero-order valence-corrected chi connectivity index (χ0v) is 11.6. The summed E-state index contributed by atoms with van der Waals surface area (Å²) in [7, 11) is 0. The maximum atomic E-state index is 11.3. The minimum absolute atomic E-state index is 0.0458. The van der Waals surface area contributed by atoms with E-state index in [2.05, 4.69) is 4.18 Å². The molecule has 106 valence electrons. The van der Waals surface area contributed by atoms with E-state index < -0.39 is 39.9 Å². The van der Waals surface area contributed by atoms with Gasteiger partial charge >= 0.3 is 22.7 Å². The van der Waals surface area contributed by atoms with Gasteiger partial charge in [-0.15, -0.1) is 0 Å². The zero-order chi connectivity index (χ0) is 13.0. The van der Waals surface area contributed by atoms with Crippen LogP contribution < -0.4 is 0 Å². The molecule has 18 heavy (non-hydrogen) atoms. The van der Waals surface area contributed by atoms with Crippen LogP contribution >= 0.6 is 0 Å². The molecule has 5 unspecified atom stereocenters. The Morgan fingerprint density at radius 1 is 1.17 bits per heavy atom. The highest BCUT2D eigenvalue weighted by molar-refractivity contribution is 7.80. The number of hydrogen-bond acceptors (Lipinski definition) is 8. The third-order valence-electron chi connectivity index (χ3n) is 2.12. The van der Waals surface area contributed by atoms with Gasteiger partial charge < -0.3 is 0 Å². The van der Waals surface area contributed by atoms with Gasteiger partial charge in [0.05, 0.1) is 25.6 Å². The first-order chi connectivity index (χ1) is 8.63. The minimum atomic E-state index is -1.95. The second-order valence-electron chi connectivity index (χ2n) is 3.49. The van der Waals surface area contributed by atoms with E-state index in [1.54, 1.807) is 0 Å². The van der Waals surface area contributed by atoms with E-state index in [-0.39, 0.29) is 25.9 Å². The van der Waals surface area contributed by atoms with E-state index >= 15 is 0 Å². The smallest absolute Gasteiger partial charge is 0.285 e. The molecule has 0 aromatic heterocycles. The van der Waals surface area contributed by atoms with Gasteiger partial charge in [-0.05, 0) is 6.42 Å². The van der Waals surface area contributed by atoms with Crippen molar-refractivity contribution in [3.8, 4) is 0 Å². The molecule has 0 bridgehead atoms. The lowest BCUT2D eigenvalue weighted by Crippen LogP contribution is -2.21. The van der Waals surface area contributed by atoms with Crippen molar-refractivity contribution in [3.05, 3.63) is 0 Å². The van der Waals surface area contributed by atoms with E-state index in [4.69, 9.17) is 16.7 Å². The predicted octanol–water partition coefficient (Wildman–Crippen LogP) is -0.955. The van der Waals surface area contributed by atoms with Gasteiger partial charge in [-0.3, -0.25) is 20.9 Å². The third kappa shape index (κ3) is 4.74. The summed E-state index contributed by atoms with van der Waals surface area (Å²) in [5.41, 5.74) is 0. The summed E-state index contributed by atoms with van der Waals surface area (Å²) >= 11 is -4.97. The summed E-state index contributed by atoms with van der Waals surface area (Å²) < 4.78 is 57.0. The lowest BCUT2D eigenvalue weighted by atomic mass is 10.3. The van der Waals surface area contributed by atoms with Crippen LogP contribution in [-0.4, -0.2) is 50.4 Å². The summed E-state index contributed by atoms with van der Waals surface area (Å²) in [6, 6.07) is 0. The maximum absolute atomic E-state index is 11.3. The van der Waals surface area contributed by atoms with E-state index in [1.807, 2.05) is 0 Å². The van der Waals surface area contributed by atoms with Crippen molar-refractivity contribution in [1.29, 1.82) is 0 Å². The SMILES string of the molecule is O=S1CCC(COS(=O)OCC2COS(=O)O2)O1. The molecule has 0 saturated carbocycles. The van der Waals surface area contributed by atoms with Gasteiger partial charge in [-0.25, -0.2) is 4.21 Å². The first kappa shape index (κ1) is 14.7. The number of hydrogen-bond donors (Lipinski definition) is 0. The van der Waals surface area contributed by atoms with Gasteiger partial charge in [0.2, 0.25) is 0 Å². The van der Waals surface area contributed by atoms with Gasteiger partial charge in [0.1, 0.15) is 12.2 Å². The van der Waals surface area contributed by atoms with Gasteiger partial charge in [-0.1, -0.05) is 0 Å². The molecule has 0 amide bonds. The normalized spacial score (nSPS) is 38.0. The van der Waals surface area contributed by atoms with Gasteiger partial charge in [0.15, 0.2) is 11.1 Å². The third-order valence-corrected chi connectivity index (χ3v) is 4.59. The lowest BCUT2D eigenvalue weighted by molar-refractivity contribution is 0.124.